The number of nitro groups is 1. The van der Waals surface area contributed by atoms with Crippen LogP contribution in [0.1, 0.15) is 22.8 Å². The van der Waals surface area contributed by atoms with Gasteiger partial charge in [0.25, 0.3) is 11.6 Å². The highest BCUT2D eigenvalue weighted by Gasteiger charge is 2.25. The van der Waals surface area contributed by atoms with Crippen LogP contribution in [0, 0.1) is 17.0 Å². The van der Waals surface area contributed by atoms with E-state index in [9.17, 15) is 23.3 Å². The Kier molecular flexibility index (Phi) is 6.64. The number of sulfonamides is 1. The van der Waals surface area contributed by atoms with E-state index in [-0.39, 0.29) is 35.0 Å². The van der Waals surface area contributed by atoms with Gasteiger partial charge < -0.3 is 14.8 Å². The molecule has 0 unspecified atom stereocenters. The Labute approximate surface area is 168 Å². The van der Waals surface area contributed by atoms with E-state index in [0.717, 1.165) is 12.3 Å². The van der Waals surface area contributed by atoms with Gasteiger partial charge in [-0.15, -0.1) is 0 Å². The fraction of sp³-hybridized carbons (Fsp3) is 0.278. The summed E-state index contributed by atoms with van der Waals surface area (Å²) in [7, 11) is -2.16. The molecule has 0 saturated heterocycles. The smallest absolute Gasteiger partial charge is 0.286 e. The highest BCUT2D eigenvalue weighted by Crippen LogP contribution is 2.35. The first-order chi connectivity index (χ1) is 13.6. The van der Waals surface area contributed by atoms with E-state index >= 15 is 0 Å². The monoisotopic (exact) mass is 423 g/mol. The molecule has 0 aliphatic carbocycles. The van der Waals surface area contributed by atoms with Crippen molar-refractivity contribution in [3.8, 4) is 11.5 Å². The van der Waals surface area contributed by atoms with E-state index in [2.05, 4.69) is 10.0 Å². The minimum atomic E-state index is -3.52. The van der Waals surface area contributed by atoms with E-state index in [1.165, 1.54) is 19.2 Å². The van der Waals surface area contributed by atoms with Gasteiger partial charge in [-0.2, -0.15) is 0 Å². The molecule has 0 atom stereocenters. The Balaban J connectivity index is 2.42. The molecule has 0 heterocycles. The van der Waals surface area contributed by atoms with Crippen molar-refractivity contribution in [1.29, 1.82) is 0 Å². The molecule has 2 aromatic carbocycles. The number of carbonyl (C=O) groups is 1. The summed E-state index contributed by atoms with van der Waals surface area (Å²) in [4.78, 5) is 23.5. The summed E-state index contributed by atoms with van der Waals surface area (Å²) < 4.78 is 35.8. The molecule has 2 rings (SSSR count). The van der Waals surface area contributed by atoms with Gasteiger partial charge in [-0.3, -0.25) is 19.6 Å². The van der Waals surface area contributed by atoms with Crippen LogP contribution >= 0.6 is 0 Å². The van der Waals surface area contributed by atoms with Gasteiger partial charge >= 0.3 is 0 Å². The summed E-state index contributed by atoms with van der Waals surface area (Å²) in [5, 5.41) is 14.0. The van der Waals surface area contributed by atoms with Gasteiger partial charge in [0.1, 0.15) is 5.56 Å². The molecule has 0 radical (unpaired) electrons. The summed E-state index contributed by atoms with van der Waals surface area (Å²) in [5.74, 6) is -0.439. The van der Waals surface area contributed by atoms with Crippen LogP contribution in [0.3, 0.4) is 0 Å². The number of hydrogen-bond acceptors (Lipinski definition) is 7. The molecular formula is C18H21N3O7S. The number of anilines is 2. The zero-order chi connectivity index (χ0) is 21.8. The van der Waals surface area contributed by atoms with Gasteiger partial charge in [-0.1, -0.05) is 6.07 Å². The molecule has 0 saturated carbocycles. The molecule has 2 N–H and O–H groups in total. The number of nitrogens with zero attached hydrogens (tertiary/aromatic N) is 1. The number of carbonyl (C=O) groups excluding carboxylic acids is 1. The molecule has 1 amide bonds. The van der Waals surface area contributed by atoms with Crippen molar-refractivity contribution >= 4 is 33.0 Å². The molecule has 0 spiro atoms. The Hall–Kier alpha value is -3.34. The van der Waals surface area contributed by atoms with Gasteiger partial charge in [0.15, 0.2) is 11.5 Å². The van der Waals surface area contributed by atoms with Crippen LogP contribution in [0.2, 0.25) is 0 Å². The number of ether oxygens (including phenoxy) is 2. The maximum absolute atomic E-state index is 12.7. The molecular weight excluding hydrogens is 402 g/mol. The average molecular weight is 423 g/mol. The van der Waals surface area contributed by atoms with Crippen molar-refractivity contribution in [1.82, 2.24) is 0 Å². The summed E-state index contributed by atoms with van der Waals surface area (Å²) in [6.45, 7) is 3.67. The van der Waals surface area contributed by atoms with Gasteiger partial charge in [0.05, 0.1) is 36.6 Å². The number of benzene rings is 2. The van der Waals surface area contributed by atoms with Crippen LogP contribution < -0.4 is 19.5 Å². The van der Waals surface area contributed by atoms with Crippen molar-refractivity contribution in [2.75, 3.05) is 30.0 Å². The lowest BCUT2D eigenvalue weighted by molar-refractivity contribution is -0.385. The van der Waals surface area contributed by atoms with Crippen LogP contribution in [-0.4, -0.2) is 39.2 Å². The summed E-state index contributed by atoms with van der Waals surface area (Å²) in [5.41, 5.74) is 0.502. The van der Waals surface area contributed by atoms with Crippen molar-refractivity contribution in [3.63, 3.8) is 0 Å². The molecule has 0 bridgehead atoms. The summed E-state index contributed by atoms with van der Waals surface area (Å²) >= 11 is 0. The van der Waals surface area contributed by atoms with E-state index in [1.54, 1.807) is 26.0 Å². The normalized spacial score (nSPS) is 10.9. The molecule has 0 aromatic heterocycles. The second kappa shape index (κ2) is 8.78. The van der Waals surface area contributed by atoms with Gasteiger partial charge in [0, 0.05) is 11.8 Å². The van der Waals surface area contributed by atoms with Crippen LogP contribution in [0.25, 0.3) is 0 Å². The third-order valence-corrected chi connectivity index (χ3v) is 4.40. The molecule has 29 heavy (non-hydrogen) atoms. The van der Waals surface area contributed by atoms with Crippen LogP contribution in [0.5, 0.6) is 11.5 Å². The fourth-order valence-electron chi connectivity index (χ4n) is 2.52. The summed E-state index contributed by atoms with van der Waals surface area (Å²) in [6.07, 6.45) is 1.01. The molecule has 0 aliphatic rings. The SMILES string of the molecule is CCOc1cc([N+](=O)[O-])c(C(=O)Nc2ccc(C)c(NS(C)(=O)=O)c2)cc1OC. The molecule has 156 valence electrons. The molecule has 0 aliphatic heterocycles. The largest absolute Gasteiger partial charge is 0.493 e. The number of methoxy groups -OCH3 is 1. The van der Waals surface area contributed by atoms with Crippen LogP contribution in [0.15, 0.2) is 30.3 Å². The van der Waals surface area contributed by atoms with E-state index in [0.29, 0.717) is 5.56 Å². The van der Waals surface area contributed by atoms with Crippen molar-refractivity contribution in [2.45, 2.75) is 13.8 Å². The molecule has 0 fully saturated rings. The number of hydrogen-bond donors (Lipinski definition) is 2. The Morgan fingerprint density at radius 1 is 1.21 bits per heavy atom. The lowest BCUT2D eigenvalue weighted by Crippen LogP contribution is -2.15. The van der Waals surface area contributed by atoms with Gasteiger partial charge in [-0.25, -0.2) is 8.42 Å². The third-order valence-electron chi connectivity index (χ3n) is 3.81. The quantitative estimate of drug-likeness (QED) is 0.492. The van der Waals surface area contributed by atoms with Crippen molar-refractivity contribution in [2.24, 2.45) is 0 Å². The fourth-order valence-corrected chi connectivity index (χ4v) is 3.14. The van der Waals surface area contributed by atoms with Gasteiger partial charge in [0.2, 0.25) is 10.0 Å². The number of rotatable bonds is 8. The zero-order valence-corrected chi connectivity index (χ0v) is 17.1. The lowest BCUT2D eigenvalue weighted by Gasteiger charge is -2.13. The second-order valence-corrected chi connectivity index (χ2v) is 7.82. The molecule has 10 nitrogen and oxygen atoms in total. The highest BCUT2D eigenvalue weighted by atomic mass is 32.2. The summed E-state index contributed by atoms with van der Waals surface area (Å²) in [6, 6.07) is 6.94. The minimum Gasteiger partial charge on any atom is -0.493 e. The van der Waals surface area contributed by atoms with Gasteiger partial charge in [-0.05, 0) is 31.5 Å². The number of amides is 1. The Bertz CT molecular complexity index is 1050. The van der Waals surface area contributed by atoms with E-state index in [1.807, 2.05) is 0 Å². The predicted octanol–water partition coefficient (Wildman–Crippen LogP) is 2.93. The first kappa shape index (κ1) is 22.0. The molecule has 2 aromatic rings. The Morgan fingerprint density at radius 3 is 2.45 bits per heavy atom. The highest BCUT2D eigenvalue weighted by molar-refractivity contribution is 7.92. The lowest BCUT2D eigenvalue weighted by atomic mass is 10.1. The average Bonchev–Trinajstić information content (AvgIpc) is 2.63. The topological polar surface area (TPSA) is 137 Å². The maximum atomic E-state index is 12.7. The number of nitro benzene ring substituents is 1. The first-order valence-corrected chi connectivity index (χ1v) is 10.3. The minimum absolute atomic E-state index is 0.147. The third kappa shape index (κ3) is 5.57. The van der Waals surface area contributed by atoms with Crippen LogP contribution in [0.4, 0.5) is 17.1 Å². The predicted molar refractivity (Wildman–Crippen MR) is 108 cm³/mol. The van der Waals surface area contributed by atoms with Crippen LogP contribution in [-0.2, 0) is 10.0 Å². The van der Waals surface area contributed by atoms with E-state index < -0.39 is 26.5 Å². The standard InChI is InChI=1S/C18H21N3O7S/c1-5-28-17-10-15(21(23)24)13(9-16(17)27-3)18(22)19-12-7-6-11(2)14(8-12)20-29(4,25)26/h6-10,20H,5H2,1-4H3,(H,19,22). The zero-order valence-electron chi connectivity index (χ0n) is 16.3. The molecule has 11 heteroatoms. The number of aryl methyl sites for hydroxylation is 1. The Morgan fingerprint density at radius 2 is 1.90 bits per heavy atom. The first-order valence-electron chi connectivity index (χ1n) is 8.44. The number of nitrogens with one attached hydrogen (secondary N) is 2. The van der Waals surface area contributed by atoms with Crippen molar-refractivity contribution < 1.29 is 27.6 Å². The van der Waals surface area contributed by atoms with Crippen molar-refractivity contribution in [3.05, 3.63) is 51.6 Å². The van der Waals surface area contributed by atoms with E-state index in [4.69, 9.17) is 9.47 Å². The maximum Gasteiger partial charge on any atom is 0.286 e. The second-order valence-electron chi connectivity index (χ2n) is 6.07.